The molecule has 0 fully saturated rings. The second-order valence-electron chi connectivity index (χ2n) is 5.96. The van der Waals surface area contributed by atoms with Gasteiger partial charge >= 0.3 is 17.9 Å². The lowest BCUT2D eigenvalue weighted by Crippen LogP contribution is -2.43. The quantitative estimate of drug-likeness (QED) is 0.352. The number of methoxy groups -OCH3 is 3. The minimum atomic E-state index is -1.63. The molecule has 6 heteroatoms. The minimum Gasteiger partial charge on any atom is -0.468 e. The second-order valence-corrected chi connectivity index (χ2v) is 5.96. The molecule has 2 rings (SSSR count). The third-order valence-electron chi connectivity index (χ3n) is 4.57. The normalized spacial score (nSPS) is 16.6. The summed E-state index contributed by atoms with van der Waals surface area (Å²) in [4.78, 5) is 37.6. The van der Waals surface area contributed by atoms with Crippen LogP contribution in [-0.2, 0) is 28.6 Å². The van der Waals surface area contributed by atoms with Gasteiger partial charge in [-0.15, -0.1) is 0 Å². The van der Waals surface area contributed by atoms with Crippen LogP contribution in [0.2, 0.25) is 0 Å². The Hall–Kier alpha value is -2.63. The number of hydrogen-bond acceptors (Lipinski definition) is 6. The average molecular weight is 346 g/mol. The molecule has 0 saturated carbocycles. The van der Waals surface area contributed by atoms with Crippen molar-refractivity contribution in [2.45, 2.75) is 25.7 Å². The van der Waals surface area contributed by atoms with E-state index in [9.17, 15) is 14.4 Å². The number of ether oxygens (including phenoxy) is 3. The van der Waals surface area contributed by atoms with Crippen LogP contribution in [-0.4, -0.2) is 39.2 Å². The molecule has 6 nitrogen and oxygen atoms in total. The number of benzene rings is 1. The monoisotopic (exact) mass is 346 g/mol. The first-order valence-electron chi connectivity index (χ1n) is 7.94. The van der Waals surface area contributed by atoms with Crippen LogP contribution in [0.4, 0.5) is 0 Å². The Labute approximate surface area is 146 Å². The first-order chi connectivity index (χ1) is 11.9. The predicted octanol–water partition coefficient (Wildman–Crippen LogP) is 2.30. The van der Waals surface area contributed by atoms with Gasteiger partial charge in [-0.25, -0.2) is 0 Å². The molecular weight excluding hydrogens is 324 g/mol. The summed E-state index contributed by atoms with van der Waals surface area (Å²) in [6.45, 7) is 1.90. The van der Waals surface area contributed by atoms with Crippen LogP contribution in [0.15, 0.2) is 35.9 Å². The van der Waals surface area contributed by atoms with Crippen LogP contribution < -0.4 is 0 Å². The van der Waals surface area contributed by atoms with E-state index in [2.05, 4.69) is 0 Å². The summed E-state index contributed by atoms with van der Waals surface area (Å²) in [5, 5.41) is 0. The molecular formula is C19H22O6. The Morgan fingerprint density at radius 2 is 1.68 bits per heavy atom. The highest BCUT2D eigenvalue weighted by molar-refractivity contribution is 6.06. The van der Waals surface area contributed by atoms with Gasteiger partial charge in [-0.05, 0) is 30.9 Å². The van der Waals surface area contributed by atoms with E-state index in [-0.39, 0.29) is 6.42 Å². The zero-order chi connectivity index (χ0) is 18.6. The summed E-state index contributed by atoms with van der Waals surface area (Å²) >= 11 is 0. The molecule has 1 atom stereocenters. The van der Waals surface area contributed by atoms with Crippen molar-refractivity contribution in [1.82, 2.24) is 0 Å². The van der Waals surface area contributed by atoms with Crippen LogP contribution in [0.25, 0.3) is 0 Å². The zero-order valence-corrected chi connectivity index (χ0v) is 14.8. The van der Waals surface area contributed by atoms with Crippen LogP contribution in [0.5, 0.6) is 0 Å². The Morgan fingerprint density at radius 3 is 2.20 bits per heavy atom. The molecule has 0 amide bonds. The van der Waals surface area contributed by atoms with Gasteiger partial charge in [0, 0.05) is 0 Å². The molecule has 0 saturated heterocycles. The molecule has 25 heavy (non-hydrogen) atoms. The molecule has 0 heterocycles. The van der Waals surface area contributed by atoms with Crippen molar-refractivity contribution in [1.29, 1.82) is 0 Å². The SMILES string of the molecule is COC(=O)C(C1=CCCC1(C(=O)OC)C(=O)OC)c1cccc(C)c1. The van der Waals surface area contributed by atoms with E-state index < -0.39 is 29.2 Å². The van der Waals surface area contributed by atoms with Gasteiger partial charge in [0.1, 0.15) is 5.92 Å². The largest absolute Gasteiger partial charge is 0.468 e. The third kappa shape index (κ3) is 3.16. The van der Waals surface area contributed by atoms with E-state index >= 15 is 0 Å². The van der Waals surface area contributed by atoms with Gasteiger partial charge in [0.25, 0.3) is 0 Å². The van der Waals surface area contributed by atoms with Gasteiger partial charge in [0.2, 0.25) is 0 Å². The van der Waals surface area contributed by atoms with Gasteiger partial charge in [-0.3, -0.25) is 14.4 Å². The zero-order valence-electron chi connectivity index (χ0n) is 14.8. The first kappa shape index (κ1) is 18.7. The van der Waals surface area contributed by atoms with Crippen LogP contribution in [0.3, 0.4) is 0 Å². The standard InChI is InChI=1S/C19H22O6/c1-12-7-5-8-13(11-12)15(16(20)23-2)14-9-6-10-19(14,17(21)24-3)18(22)25-4/h5,7-9,11,15H,6,10H2,1-4H3. The summed E-state index contributed by atoms with van der Waals surface area (Å²) in [7, 11) is 3.70. The van der Waals surface area contributed by atoms with Crippen molar-refractivity contribution in [3.8, 4) is 0 Å². The van der Waals surface area contributed by atoms with E-state index in [1.54, 1.807) is 12.1 Å². The van der Waals surface area contributed by atoms with Crippen LogP contribution in [0, 0.1) is 12.3 Å². The van der Waals surface area contributed by atoms with Gasteiger partial charge in [-0.2, -0.15) is 0 Å². The summed E-state index contributed by atoms with van der Waals surface area (Å²) in [5.74, 6) is -2.89. The predicted molar refractivity (Wildman–Crippen MR) is 89.7 cm³/mol. The van der Waals surface area contributed by atoms with Crippen LogP contribution >= 0.6 is 0 Å². The molecule has 1 aromatic carbocycles. The number of carbonyl (C=O) groups is 3. The molecule has 0 radical (unpaired) electrons. The number of esters is 3. The van der Waals surface area contributed by atoms with Gasteiger partial charge < -0.3 is 14.2 Å². The molecule has 0 bridgehead atoms. The maximum absolute atomic E-state index is 12.6. The van der Waals surface area contributed by atoms with E-state index in [0.717, 1.165) is 5.56 Å². The van der Waals surface area contributed by atoms with Crippen molar-refractivity contribution in [3.05, 3.63) is 47.0 Å². The fourth-order valence-corrected chi connectivity index (χ4v) is 3.41. The summed E-state index contributed by atoms with van der Waals surface area (Å²) in [6, 6.07) is 7.32. The van der Waals surface area contributed by atoms with Gasteiger partial charge in [0.05, 0.1) is 21.3 Å². The van der Waals surface area contributed by atoms with E-state index in [4.69, 9.17) is 14.2 Å². The molecule has 0 spiro atoms. The molecule has 1 aromatic rings. The minimum absolute atomic E-state index is 0.195. The molecule has 0 aliphatic heterocycles. The Kier molecular flexibility index (Phi) is 5.62. The van der Waals surface area contributed by atoms with Gasteiger partial charge in [0.15, 0.2) is 5.41 Å². The molecule has 0 aromatic heterocycles. The first-order valence-corrected chi connectivity index (χ1v) is 7.94. The summed E-state index contributed by atoms with van der Waals surface area (Å²) in [6.07, 6.45) is 2.39. The fraction of sp³-hybridized carbons (Fsp3) is 0.421. The summed E-state index contributed by atoms with van der Waals surface area (Å²) < 4.78 is 14.7. The van der Waals surface area contributed by atoms with Crippen molar-refractivity contribution < 1.29 is 28.6 Å². The number of rotatable bonds is 5. The van der Waals surface area contributed by atoms with Crippen LogP contribution in [0.1, 0.15) is 29.9 Å². The highest BCUT2D eigenvalue weighted by Gasteiger charge is 2.56. The summed E-state index contributed by atoms with van der Waals surface area (Å²) in [5.41, 5.74) is 0.319. The topological polar surface area (TPSA) is 78.9 Å². The molecule has 1 unspecified atom stereocenters. The highest BCUT2D eigenvalue weighted by atomic mass is 16.5. The van der Waals surface area contributed by atoms with E-state index in [0.29, 0.717) is 17.6 Å². The molecule has 134 valence electrons. The lowest BCUT2D eigenvalue weighted by atomic mass is 9.73. The van der Waals surface area contributed by atoms with Crippen molar-refractivity contribution in [2.75, 3.05) is 21.3 Å². The Morgan fingerprint density at radius 1 is 1.04 bits per heavy atom. The fourth-order valence-electron chi connectivity index (χ4n) is 3.41. The number of carbonyl (C=O) groups excluding carboxylic acids is 3. The lowest BCUT2D eigenvalue weighted by molar-refractivity contribution is -0.166. The molecule has 1 aliphatic carbocycles. The molecule has 0 N–H and O–H groups in total. The number of hydrogen-bond donors (Lipinski definition) is 0. The maximum Gasteiger partial charge on any atom is 0.327 e. The highest BCUT2D eigenvalue weighted by Crippen LogP contribution is 2.48. The average Bonchev–Trinajstić information content (AvgIpc) is 3.05. The number of aryl methyl sites for hydroxylation is 1. The maximum atomic E-state index is 12.6. The van der Waals surface area contributed by atoms with E-state index in [1.807, 2.05) is 25.1 Å². The van der Waals surface area contributed by atoms with Gasteiger partial charge in [-0.1, -0.05) is 35.9 Å². The smallest absolute Gasteiger partial charge is 0.327 e. The van der Waals surface area contributed by atoms with Crippen molar-refractivity contribution in [3.63, 3.8) is 0 Å². The number of allylic oxidation sites excluding steroid dienone is 1. The Bertz CT molecular complexity index is 702. The second kappa shape index (κ2) is 7.51. The molecule has 1 aliphatic rings. The van der Waals surface area contributed by atoms with Crippen molar-refractivity contribution in [2.24, 2.45) is 5.41 Å². The van der Waals surface area contributed by atoms with Crippen molar-refractivity contribution >= 4 is 17.9 Å². The van der Waals surface area contributed by atoms with E-state index in [1.165, 1.54) is 21.3 Å². The lowest BCUT2D eigenvalue weighted by Gasteiger charge is -2.30. The third-order valence-corrected chi connectivity index (χ3v) is 4.57. The Balaban J connectivity index is 2.64.